The molecular formula is C20H16ClN5O3. The highest BCUT2D eigenvalue weighted by atomic mass is 35.5. The standard InChI is InChI=1S/C20H16ClN5O3/c21-11-5-4-8-13(9-11)23-20-25-17-16(19(29)26-20)14(10-15(27)24-17)18(28)22-12-6-2-1-3-7-12/h1-9,14H,10H2,(H,22,28)(H3,23,24,25,26,27,29). The van der Waals surface area contributed by atoms with E-state index in [1.807, 2.05) is 6.07 Å². The van der Waals surface area contributed by atoms with Crippen molar-refractivity contribution in [1.29, 1.82) is 0 Å². The van der Waals surface area contributed by atoms with Gasteiger partial charge in [-0.3, -0.25) is 19.4 Å². The van der Waals surface area contributed by atoms with Crippen LogP contribution in [-0.2, 0) is 9.59 Å². The maximum absolute atomic E-state index is 12.7. The summed E-state index contributed by atoms with van der Waals surface area (Å²) in [5.74, 6) is -1.61. The van der Waals surface area contributed by atoms with Crippen LogP contribution >= 0.6 is 11.6 Å². The van der Waals surface area contributed by atoms with Crippen molar-refractivity contribution in [3.63, 3.8) is 0 Å². The Morgan fingerprint density at radius 2 is 1.83 bits per heavy atom. The molecule has 4 N–H and O–H groups in total. The smallest absolute Gasteiger partial charge is 0.258 e. The first kappa shape index (κ1) is 18.7. The number of rotatable bonds is 4. The topological polar surface area (TPSA) is 116 Å². The number of aromatic nitrogens is 2. The lowest BCUT2D eigenvalue weighted by atomic mass is 9.92. The van der Waals surface area contributed by atoms with Crippen molar-refractivity contribution in [1.82, 2.24) is 9.97 Å². The molecule has 1 aromatic heterocycles. The van der Waals surface area contributed by atoms with Crippen LogP contribution in [0, 0.1) is 0 Å². The van der Waals surface area contributed by atoms with E-state index in [0.29, 0.717) is 16.4 Å². The Bertz CT molecular complexity index is 1150. The molecule has 8 nitrogen and oxygen atoms in total. The molecule has 146 valence electrons. The van der Waals surface area contributed by atoms with Crippen molar-refractivity contribution in [2.45, 2.75) is 12.3 Å². The summed E-state index contributed by atoms with van der Waals surface area (Å²) in [4.78, 5) is 44.5. The van der Waals surface area contributed by atoms with Crippen molar-refractivity contribution in [2.24, 2.45) is 0 Å². The molecule has 9 heteroatoms. The highest BCUT2D eigenvalue weighted by Gasteiger charge is 2.34. The first-order chi connectivity index (χ1) is 14.0. The van der Waals surface area contributed by atoms with Gasteiger partial charge in [0.1, 0.15) is 5.82 Å². The molecule has 2 aromatic carbocycles. The number of carbonyl (C=O) groups is 2. The second-order valence-electron chi connectivity index (χ2n) is 6.47. The molecule has 1 aliphatic rings. The number of hydrogen-bond acceptors (Lipinski definition) is 5. The third-order valence-electron chi connectivity index (χ3n) is 4.40. The normalized spacial score (nSPS) is 15.2. The van der Waals surface area contributed by atoms with Crippen LogP contribution in [0.25, 0.3) is 0 Å². The van der Waals surface area contributed by atoms with E-state index in [9.17, 15) is 14.4 Å². The number of anilines is 4. The van der Waals surface area contributed by atoms with Crippen molar-refractivity contribution in [3.05, 3.63) is 75.5 Å². The van der Waals surface area contributed by atoms with E-state index in [1.54, 1.807) is 48.5 Å². The molecule has 29 heavy (non-hydrogen) atoms. The molecule has 3 aromatic rings. The summed E-state index contributed by atoms with van der Waals surface area (Å²) in [7, 11) is 0. The number of halogens is 1. The van der Waals surface area contributed by atoms with Crippen LogP contribution in [-0.4, -0.2) is 21.8 Å². The van der Waals surface area contributed by atoms with Gasteiger partial charge in [-0.05, 0) is 30.3 Å². The molecular weight excluding hydrogens is 394 g/mol. The first-order valence-corrected chi connectivity index (χ1v) is 9.20. The van der Waals surface area contributed by atoms with E-state index < -0.39 is 23.3 Å². The minimum absolute atomic E-state index is 0.0581. The molecule has 0 saturated carbocycles. The van der Waals surface area contributed by atoms with E-state index in [4.69, 9.17) is 11.6 Å². The number of nitrogens with zero attached hydrogens (tertiary/aromatic N) is 1. The Hall–Kier alpha value is -3.65. The van der Waals surface area contributed by atoms with Crippen LogP contribution in [0.15, 0.2) is 59.4 Å². The number of amides is 2. The summed E-state index contributed by atoms with van der Waals surface area (Å²) in [6.45, 7) is 0. The van der Waals surface area contributed by atoms with Crippen molar-refractivity contribution in [2.75, 3.05) is 16.0 Å². The molecule has 1 unspecified atom stereocenters. The first-order valence-electron chi connectivity index (χ1n) is 8.82. The Labute approximate surface area is 170 Å². The Morgan fingerprint density at radius 3 is 2.59 bits per heavy atom. The number of hydrogen-bond donors (Lipinski definition) is 4. The Kier molecular flexibility index (Phi) is 5.01. The minimum atomic E-state index is -0.949. The second kappa shape index (κ2) is 7.76. The van der Waals surface area contributed by atoms with Crippen molar-refractivity contribution < 1.29 is 9.59 Å². The lowest BCUT2D eigenvalue weighted by Gasteiger charge is -2.23. The number of para-hydroxylation sites is 1. The maximum Gasteiger partial charge on any atom is 0.258 e. The molecule has 2 heterocycles. The van der Waals surface area contributed by atoms with Crippen LogP contribution in [0.3, 0.4) is 0 Å². The fraction of sp³-hybridized carbons (Fsp3) is 0.100. The van der Waals surface area contributed by atoms with Gasteiger partial charge in [-0.1, -0.05) is 35.9 Å². The van der Waals surface area contributed by atoms with Crippen LogP contribution in [0.5, 0.6) is 0 Å². The van der Waals surface area contributed by atoms with E-state index in [2.05, 4.69) is 25.9 Å². The van der Waals surface area contributed by atoms with Gasteiger partial charge in [0.25, 0.3) is 5.56 Å². The van der Waals surface area contributed by atoms with E-state index in [-0.39, 0.29) is 23.8 Å². The van der Waals surface area contributed by atoms with Gasteiger partial charge < -0.3 is 16.0 Å². The molecule has 4 rings (SSSR count). The van der Waals surface area contributed by atoms with E-state index in [1.165, 1.54) is 0 Å². The van der Waals surface area contributed by atoms with Crippen molar-refractivity contribution >= 4 is 46.6 Å². The van der Waals surface area contributed by atoms with E-state index in [0.717, 1.165) is 0 Å². The zero-order valence-corrected chi connectivity index (χ0v) is 15.8. The number of H-pyrrole nitrogens is 1. The van der Waals surface area contributed by atoms with Gasteiger partial charge in [0.2, 0.25) is 17.8 Å². The van der Waals surface area contributed by atoms with Gasteiger partial charge in [-0.25, -0.2) is 0 Å². The van der Waals surface area contributed by atoms with Crippen LogP contribution < -0.4 is 21.5 Å². The zero-order chi connectivity index (χ0) is 20.4. The summed E-state index contributed by atoms with van der Waals surface area (Å²) >= 11 is 5.96. The maximum atomic E-state index is 12.7. The molecule has 0 bridgehead atoms. The molecule has 0 radical (unpaired) electrons. The van der Waals surface area contributed by atoms with E-state index >= 15 is 0 Å². The Morgan fingerprint density at radius 1 is 1.07 bits per heavy atom. The van der Waals surface area contributed by atoms with Gasteiger partial charge in [-0.15, -0.1) is 0 Å². The quantitative estimate of drug-likeness (QED) is 0.528. The van der Waals surface area contributed by atoms with Gasteiger partial charge in [0.05, 0.1) is 11.5 Å². The predicted molar refractivity (Wildman–Crippen MR) is 111 cm³/mol. The molecule has 2 amide bonds. The predicted octanol–water partition coefficient (Wildman–Crippen LogP) is 3.23. The van der Waals surface area contributed by atoms with Gasteiger partial charge >= 0.3 is 0 Å². The van der Waals surface area contributed by atoms with Gasteiger partial charge in [-0.2, -0.15) is 4.98 Å². The number of benzene rings is 2. The molecule has 1 aliphatic heterocycles. The summed E-state index contributed by atoms with van der Waals surface area (Å²) in [6, 6.07) is 15.7. The molecule has 0 aliphatic carbocycles. The monoisotopic (exact) mass is 409 g/mol. The zero-order valence-electron chi connectivity index (χ0n) is 15.0. The molecule has 0 spiro atoms. The second-order valence-corrected chi connectivity index (χ2v) is 6.91. The van der Waals surface area contributed by atoms with Gasteiger partial charge in [0, 0.05) is 22.8 Å². The third-order valence-corrected chi connectivity index (χ3v) is 4.63. The number of carbonyl (C=O) groups excluding carboxylic acids is 2. The lowest BCUT2D eigenvalue weighted by Crippen LogP contribution is -2.36. The fourth-order valence-electron chi connectivity index (χ4n) is 3.11. The van der Waals surface area contributed by atoms with Gasteiger partial charge in [0.15, 0.2) is 0 Å². The molecule has 0 saturated heterocycles. The average Bonchev–Trinajstić information content (AvgIpc) is 2.67. The molecule has 0 fully saturated rings. The summed E-state index contributed by atoms with van der Waals surface area (Å²) < 4.78 is 0. The minimum Gasteiger partial charge on any atom is -0.326 e. The average molecular weight is 410 g/mol. The summed E-state index contributed by atoms with van der Waals surface area (Å²) in [6.07, 6.45) is -0.141. The van der Waals surface area contributed by atoms with Crippen LogP contribution in [0.1, 0.15) is 17.9 Å². The fourth-order valence-corrected chi connectivity index (χ4v) is 3.30. The summed E-state index contributed by atoms with van der Waals surface area (Å²) in [5.41, 5.74) is 0.803. The van der Waals surface area contributed by atoms with Crippen LogP contribution in [0.2, 0.25) is 5.02 Å². The lowest BCUT2D eigenvalue weighted by molar-refractivity contribution is -0.123. The highest BCUT2D eigenvalue weighted by molar-refractivity contribution is 6.30. The van der Waals surface area contributed by atoms with Crippen molar-refractivity contribution in [3.8, 4) is 0 Å². The Balaban J connectivity index is 1.65. The third kappa shape index (κ3) is 4.12. The van der Waals surface area contributed by atoms with Crippen LogP contribution in [0.4, 0.5) is 23.1 Å². The number of nitrogens with one attached hydrogen (secondary N) is 4. The number of aromatic amines is 1. The highest BCUT2D eigenvalue weighted by Crippen LogP contribution is 2.30. The summed E-state index contributed by atoms with van der Waals surface area (Å²) in [5, 5.41) is 8.75. The molecule has 1 atom stereocenters. The largest absolute Gasteiger partial charge is 0.326 e. The number of fused-ring (bicyclic) bond motifs is 1. The SMILES string of the molecule is O=C1CC(C(=O)Nc2ccccc2)c2c(nc(Nc3cccc(Cl)c3)[nH]c2=O)N1.